The highest BCUT2D eigenvalue weighted by molar-refractivity contribution is 6.03. The van der Waals surface area contributed by atoms with Crippen molar-refractivity contribution in [2.24, 2.45) is 0 Å². The van der Waals surface area contributed by atoms with Crippen LogP contribution in [0.4, 0.5) is 11.4 Å². The van der Waals surface area contributed by atoms with Gasteiger partial charge in [0.2, 0.25) is 0 Å². The summed E-state index contributed by atoms with van der Waals surface area (Å²) in [7, 11) is 0. The van der Waals surface area contributed by atoms with E-state index in [1.807, 2.05) is 43.3 Å². The predicted molar refractivity (Wildman–Crippen MR) is 99.5 cm³/mol. The molecule has 0 aliphatic carbocycles. The van der Waals surface area contributed by atoms with Crippen LogP contribution in [0.3, 0.4) is 0 Å². The molecule has 1 aromatic carbocycles. The first-order valence-electron chi connectivity index (χ1n) is 9.01. The summed E-state index contributed by atoms with van der Waals surface area (Å²) in [4.78, 5) is 19.1. The molecule has 1 N–H and O–H groups in total. The Labute approximate surface area is 153 Å². The smallest absolute Gasteiger partial charge is 0.274 e. The van der Waals surface area contributed by atoms with Gasteiger partial charge in [0.1, 0.15) is 5.69 Å². The fourth-order valence-corrected chi connectivity index (χ4v) is 3.53. The lowest BCUT2D eigenvalue weighted by Crippen LogP contribution is -2.45. The first kappa shape index (κ1) is 17.0. The van der Waals surface area contributed by atoms with Crippen LogP contribution in [0.2, 0.25) is 0 Å². The molecule has 0 atom stereocenters. The number of aromatic nitrogens is 1. The molecule has 0 saturated carbocycles. The van der Waals surface area contributed by atoms with Gasteiger partial charge in [-0.3, -0.25) is 9.78 Å². The fraction of sp³-hybridized carbons (Fsp3) is 0.400. The van der Waals surface area contributed by atoms with E-state index in [0.29, 0.717) is 18.9 Å². The van der Waals surface area contributed by atoms with Crippen LogP contribution < -0.4 is 10.2 Å². The number of amides is 1. The summed E-state index contributed by atoms with van der Waals surface area (Å²) >= 11 is 0. The zero-order chi connectivity index (χ0) is 18.0. The Bertz CT molecular complexity index is 792. The predicted octanol–water partition coefficient (Wildman–Crippen LogP) is 2.99. The molecule has 2 aliphatic heterocycles. The van der Waals surface area contributed by atoms with E-state index in [1.165, 1.54) is 0 Å². The molecule has 2 saturated heterocycles. The Kier molecular flexibility index (Phi) is 4.61. The number of hydrogen-bond donors (Lipinski definition) is 1. The largest absolute Gasteiger partial charge is 0.371 e. The normalized spacial score (nSPS) is 18.9. The number of carbonyl (C=O) groups excluding carboxylic acids is 1. The minimum Gasteiger partial charge on any atom is -0.371 e. The quantitative estimate of drug-likeness (QED) is 0.919. The first-order valence-corrected chi connectivity index (χ1v) is 9.01. The minimum atomic E-state index is -0.394. The molecule has 26 heavy (non-hydrogen) atoms. The topological polar surface area (TPSA) is 63.7 Å². The molecule has 0 radical (unpaired) electrons. The van der Waals surface area contributed by atoms with Gasteiger partial charge in [0, 0.05) is 43.5 Å². The van der Waals surface area contributed by atoms with Gasteiger partial charge < -0.3 is 19.7 Å². The number of rotatable bonds is 3. The van der Waals surface area contributed by atoms with Crippen LogP contribution in [0.25, 0.3) is 0 Å². The van der Waals surface area contributed by atoms with Crippen molar-refractivity contribution in [3.05, 3.63) is 53.9 Å². The number of aryl methyl sites for hydroxylation is 1. The van der Waals surface area contributed by atoms with E-state index in [0.717, 1.165) is 42.9 Å². The molecular weight excluding hydrogens is 330 g/mol. The van der Waals surface area contributed by atoms with E-state index in [9.17, 15) is 4.79 Å². The van der Waals surface area contributed by atoms with Gasteiger partial charge in [-0.25, -0.2) is 0 Å². The number of nitrogens with zero attached hydrogens (tertiary/aromatic N) is 2. The third-order valence-corrected chi connectivity index (χ3v) is 5.07. The number of piperidine rings is 1. The van der Waals surface area contributed by atoms with Gasteiger partial charge >= 0.3 is 0 Å². The maximum atomic E-state index is 12.6. The van der Waals surface area contributed by atoms with Crippen LogP contribution in [0.5, 0.6) is 0 Å². The lowest BCUT2D eigenvalue weighted by atomic mass is 10.0. The number of nitrogens with one attached hydrogen (secondary N) is 1. The van der Waals surface area contributed by atoms with E-state index in [4.69, 9.17) is 9.47 Å². The molecule has 1 amide bonds. The van der Waals surface area contributed by atoms with Crippen molar-refractivity contribution in [1.29, 1.82) is 0 Å². The Balaban J connectivity index is 1.45. The second-order valence-electron chi connectivity index (χ2n) is 6.76. The van der Waals surface area contributed by atoms with Gasteiger partial charge in [-0.2, -0.15) is 0 Å². The Morgan fingerprint density at radius 3 is 2.62 bits per heavy atom. The van der Waals surface area contributed by atoms with Crippen LogP contribution in [-0.2, 0) is 9.47 Å². The Morgan fingerprint density at radius 1 is 1.15 bits per heavy atom. The van der Waals surface area contributed by atoms with Crippen LogP contribution >= 0.6 is 0 Å². The molecule has 1 spiro atoms. The lowest BCUT2D eigenvalue weighted by Gasteiger charge is -2.38. The fourth-order valence-electron chi connectivity index (χ4n) is 3.53. The number of anilines is 2. The molecule has 4 rings (SSSR count). The van der Waals surface area contributed by atoms with Gasteiger partial charge in [-0.05, 0) is 30.7 Å². The summed E-state index contributed by atoms with van der Waals surface area (Å²) in [6.45, 7) is 5.00. The summed E-state index contributed by atoms with van der Waals surface area (Å²) in [6, 6.07) is 11.5. The summed E-state index contributed by atoms with van der Waals surface area (Å²) in [5.74, 6) is -0.591. The van der Waals surface area contributed by atoms with Crippen LogP contribution in [0.1, 0.15) is 28.9 Å². The molecule has 6 nitrogen and oxygen atoms in total. The zero-order valence-corrected chi connectivity index (χ0v) is 14.9. The second-order valence-corrected chi connectivity index (χ2v) is 6.76. The SMILES string of the molecule is Cc1ccccc1NC(=O)c1cc(N2CCC3(CC2)OCCO3)ccn1. The monoisotopic (exact) mass is 353 g/mol. The molecule has 2 aromatic rings. The van der Waals surface area contributed by atoms with E-state index in [-0.39, 0.29) is 5.91 Å². The molecule has 6 heteroatoms. The molecule has 1 aromatic heterocycles. The van der Waals surface area contributed by atoms with Crippen molar-refractivity contribution in [3.63, 3.8) is 0 Å². The van der Waals surface area contributed by atoms with Crippen molar-refractivity contribution in [2.75, 3.05) is 36.5 Å². The van der Waals surface area contributed by atoms with Crippen molar-refractivity contribution >= 4 is 17.3 Å². The maximum absolute atomic E-state index is 12.6. The van der Waals surface area contributed by atoms with Gasteiger partial charge in [-0.15, -0.1) is 0 Å². The van der Waals surface area contributed by atoms with Crippen molar-refractivity contribution < 1.29 is 14.3 Å². The van der Waals surface area contributed by atoms with Crippen LogP contribution in [0, 0.1) is 6.92 Å². The summed E-state index contributed by atoms with van der Waals surface area (Å²) in [5.41, 5.74) is 3.25. The summed E-state index contributed by atoms with van der Waals surface area (Å²) < 4.78 is 11.6. The van der Waals surface area contributed by atoms with Crippen LogP contribution in [0.15, 0.2) is 42.6 Å². The number of ether oxygens (including phenoxy) is 2. The first-order chi connectivity index (χ1) is 12.7. The highest BCUT2D eigenvalue weighted by atomic mass is 16.7. The number of para-hydroxylation sites is 1. The highest BCUT2D eigenvalue weighted by Crippen LogP contribution is 2.33. The molecule has 3 heterocycles. The van der Waals surface area contributed by atoms with Gasteiger partial charge in [0.25, 0.3) is 5.91 Å². The zero-order valence-electron chi connectivity index (χ0n) is 14.9. The number of benzene rings is 1. The molecule has 136 valence electrons. The lowest BCUT2D eigenvalue weighted by molar-refractivity contribution is -0.169. The number of hydrogen-bond acceptors (Lipinski definition) is 5. The van der Waals surface area contributed by atoms with Crippen molar-refractivity contribution in [3.8, 4) is 0 Å². The third kappa shape index (κ3) is 3.43. The number of carbonyl (C=O) groups is 1. The summed E-state index contributed by atoms with van der Waals surface area (Å²) in [5, 5.41) is 2.94. The van der Waals surface area contributed by atoms with Crippen molar-refractivity contribution in [2.45, 2.75) is 25.6 Å². The average Bonchev–Trinajstić information content (AvgIpc) is 3.12. The summed E-state index contributed by atoms with van der Waals surface area (Å²) in [6.07, 6.45) is 3.36. The number of pyridine rings is 1. The molecule has 2 fully saturated rings. The molecular formula is C20H23N3O3. The average molecular weight is 353 g/mol. The van der Waals surface area contributed by atoms with Gasteiger partial charge in [-0.1, -0.05) is 18.2 Å². The standard InChI is InChI=1S/C20H23N3O3/c1-15-4-2-3-5-17(15)22-19(24)18-14-16(6-9-21-18)23-10-7-20(8-11-23)25-12-13-26-20/h2-6,9,14H,7-8,10-13H2,1H3,(H,22,24). The van der Waals surface area contributed by atoms with E-state index in [1.54, 1.807) is 6.20 Å². The minimum absolute atomic E-state index is 0.197. The Morgan fingerprint density at radius 2 is 1.88 bits per heavy atom. The van der Waals surface area contributed by atoms with E-state index >= 15 is 0 Å². The van der Waals surface area contributed by atoms with Crippen LogP contribution in [-0.4, -0.2) is 43.0 Å². The molecule has 2 aliphatic rings. The van der Waals surface area contributed by atoms with Gasteiger partial charge in [0.05, 0.1) is 13.2 Å². The van der Waals surface area contributed by atoms with E-state index < -0.39 is 5.79 Å². The van der Waals surface area contributed by atoms with E-state index in [2.05, 4.69) is 15.2 Å². The second kappa shape index (κ2) is 7.05. The Hall–Kier alpha value is -2.44. The molecule has 0 bridgehead atoms. The third-order valence-electron chi connectivity index (χ3n) is 5.07. The molecule has 0 unspecified atom stereocenters. The maximum Gasteiger partial charge on any atom is 0.274 e. The van der Waals surface area contributed by atoms with Gasteiger partial charge in [0.15, 0.2) is 5.79 Å². The highest BCUT2D eigenvalue weighted by Gasteiger charge is 2.39. The van der Waals surface area contributed by atoms with Crippen molar-refractivity contribution in [1.82, 2.24) is 4.98 Å².